The molecule has 0 aromatic heterocycles. The highest BCUT2D eigenvalue weighted by atomic mass is 35.5. The average molecular weight is 285 g/mol. The molecular weight excluding hydrogens is 263 g/mol. The lowest BCUT2D eigenvalue weighted by Gasteiger charge is -2.33. The largest absolute Gasteiger partial charge is 0.367 e. The number of alkyl halides is 1. The molecule has 0 amide bonds. The van der Waals surface area contributed by atoms with Crippen LogP contribution in [0.15, 0.2) is 18.2 Å². The van der Waals surface area contributed by atoms with E-state index in [4.69, 9.17) is 11.6 Å². The van der Waals surface area contributed by atoms with Gasteiger partial charge in [-0.2, -0.15) is 0 Å². The summed E-state index contributed by atoms with van der Waals surface area (Å²) in [4.78, 5) is 4.78. The fraction of sp³-hybridized carbons (Fsp3) is 0.600. The van der Waals surface area contributed by atoms with Crippen LogP contribution in [0, 0.1) is 5.82 Å². The fourth-order valence-corrected chi connectivity index (χ4v) is 3.07. The van der Waals surface area contributed by atoms with Crippen LogP contribution >= 0.6 is 11.6 Å². The van der Waals surface area contributed by atoms with Crippen molar-refractivity contribution < 1.29 is 4.39 Å². The van der Waals surface area contributed by atoms with Crippen LogP contribution in [0.1, 0.15) is 25.3 Å². The Bertz CT molecular complexity index is 425. The van der Waals surface area contributed by atoms with E-state index >= 15 is 0 Å². The Morgan fingerprint density at radius 3 is 2.84 bits per heavy atom. The maximum atomic E-state index is 13.3. The number of benzene rings is 1. The molecule has 0 radical (unpaired) electrons. The summed E-state index contributed by atoms with van der Waals surface area (Å²) in [5, 5.41) is 0. The zero-order valence-electron chi connectivity index (χ0n) is 11.7. The topological polar surface area (TPSA) is 6.48 Å². The third kappa shape index (κ3) is 3.40. The van der Waals surface area contributed by atoms with Gasteiger partial charge in [-0.05, 0) is 50.2 Å². The van der Waals surface area contributed by atoms with E-state index in [0.29, 0.717) is 11.9 Å². The number of nitrogens with zero attached hydrogens (tertiary/aromatic N) is 2. The minimum absolute atomic E-state index is 0.209. The van der Waals surface area contributed by atoms with Gasteiger partial charge in [0.15, 0.2) is 0 Å². The van der Waals surface area contributed by atoms with Crippen LogP contribution in [0.25, 0.3) is 0 Å². The second-order valence-electron chi connectivity index (χ2n) is 5.28. The van der Waals surface area contributed by atoms with E-state index in [1.54, 1.807) is 6.07 Å². The van der Waals surface area contributed by atoms with Crippen LogP contribution in [-0.4, -0.2) is 37.6 Å². The van der Waals surface area contributed by atoms with Crippen LogP contribution < -0.4 is 4.90 Å². The molecule has 0 aliphatic carbocycles. The summed E-state index contributed by atoms with van der Waals surface area (Å²) >= 11 is 5.98. The molecule has 1 aliphatic rings. The van der Waals surface area contributed by atoms with Crippen molar-refractivity contribution in [3.8, 4) is 0 Å². The van der Waals surface area contributed by atoms with E-state index in [9.17, 15) is 4.39 Å². The number of hydrogen-bond acceptors (Lipinski definition) is 2. The number of rotatable bonds is 3. The molecule has 0 bridgehead atoms. The van der Waals surface area contributed by atoms with Crippen molar-refractivity contribution in [2.75, 3.05) is 31.6 Å². The molecule has 0 saturated carbocycles. The highest BCUT2D eigenvalue weighted by Crippen LogP contribution is 2.27. The number of likely N-dealkylation sites (N-methyl/N-ethyl adjacent to an activating group) is 1. The number of anilines is 1. The smallest absolute Gasteiger partial charge is 0.123 e. The SMILES string of the molecule is CCC1CN(C)CCCN1c1ccc(F)cc1CCl. The monoisotopic (exact) mass is 284 g/mol. The summed E-state index contributed by atoms with van der Waals surface area (Å²) in [7, 11) is 2.17. The molecule has 1 atom stereocenters. The zero-order valence-corrected chi connectivity index (χ0v) is 12.5. The first-order chi connectivity index (χ1) is 9.15. The van der Waals surface area contributed by atoms with E-state index in [-0.39, 0.29) is 5.82 Å². The maximum absolute atomic E-state index is 13.3. The predicted molar refractivity (Wildman–Crippen MR) is 79.5 cm³/mol. The predicted octanol–water partition coefficient (Wildman–Crippen LogP) is 3.49. The molecule has 106 valence electrons. The van der Waals surface area contributed by atoms with Gasteiger partial charge < -0.3 is 9.80 Å². The molecule has 19 heavy (non-hydrogen) atoms. The van der Waals surface area contributed by atoms with Crippen molar-refractivity contribution >= 4 is 17.3 Å². The van der Waals surface area contributed by atoms with Crippen LogP contribution in [0.5, 0.6) is 0 Å². The van der Waals surface area contributed by atoms with E-state index in [1.165, 1.54) is 6.07 Å². The van der Waals surface area contributed by atoms with Crippen LogP contribution in [0.4, 0.5) is 10.1 Å². The van der Waals surface area contributed by atoms with Crippen molar-refractivity contribution in [3.05, 3.63) is 29.6 Å². The zero-order chi connectivity index (χ0) is 13.8. The Hall–Kier alpha value is -0.800. The van der Waals surface area contributed by atoms with Crippen molar-refractivity contribution in [2.24, 2.45) is 0 Å². The summed E-state index contributed by atoms with van der Waals surface area (Å²) in [6.45, 7) is 5.39. The Morgan fingerprint density at radius 1 is 1.37 bits per heavy atom. The lowest BCUT2D eigenvalue weighted by molar-refractivity contribution is 0.328. The summed E-state index contributed by atoms with van der Waals surface area (Å²) < 4.78 is 13.3. The summed E-state index contributed by atoms with van der Waals surface area (Å²) in [6, 6.07) is 5.44. The molecule has 1 saturated heterocycles. The standard InChI is InChI=1S/C15H22ClFN2/c1-3-14-11-18(2)7-4-8-19(14)15-6-5-13(17)9-12(15)10-16/h5-6,9,14H,3-4,7-8,10-11H2,1-2H3. The lowest BCUT2D eigenvalue weighted by atomic mass is 10.1. The van der Waals surface area contributed by atoms with Crippen molar-refractivity contribution in [3.63, 3.8) is 0 Å². The molecule has 1 heterocycles. The third-order valence-electron chi connectivity index (χ3n) is 3.87. The molecule has 1 aliphatic heterocycles. The highest BCUT2D eigenvalue weighted by Gasteiger charge is 2.23. The second kappa shape index (κ2) is 6.58. The van der Waals surface area contributed by atoms with Gasteiger partial charge in [0.05, 0.1) is 0 Å². The number of halogens is 2. The van der Waals surface area contributed by atoms with Gasteiger partial charge in [0.25, 0.3) is 0 Å². The Kier molecular flexibility index (Phi) is 5.06. The first kappa shape index (κ1) is 14.6. The molecule has 4 heteroatoms. The Balaban J connectivity index is 2.32. The first-order valence-electron chi connectivity index (χ1n) is 6.95. The normalized spacial score (nSPS) is 21.5. The molecule has 1 aromatic rings. The van der Waals surface area contributed by atoms with Crippen molar-refractivity contribution in [2.45, 2.75) is 31.7 Å². The van der Waals surface area contributed by atoms with Gasteiger partial charge in [-0.15, -0.1) is 11.6 Å². The van der Waals surface area contributed by atoms with Gasteiger partial charge in [0.2, 0.25) is 0 Å². The fourth-order valence-electron chi connectivity index (χ4n) is 2.85. The minimum Gasteiger partial charge on any atom is -0.367 e. The second-order valence-corrected chi connectivity index (χ2v) is 5.55. The van der Waals surface area contributed by atoms with E-state index in [0.717, 1.165) is 43.7 Å². The van der Waals surface area contributed by atoms with Gasteiger partial charge in [-0.25, -0.2) is 4.39 Å². The molecule has 1 unspecified atom stereocenters. The van der Waals surface area contributed by atoms with Gasteiger partial charge in [0, 0.05) is 30.7 Å². The van der Waals surface area contributed by atoms with Crippen molar-refractivity contribution in [1.82, 2.24) is 4.90 Å². The molecule has 2 nitrogen and oxygen atoms in total. The van der Waals surface area contributed by atoms with Crippen molar-refractivity contribution in [1.29, 1.82) is 0 Å². The minimum atomic E-state index is -0.209. The molecular formula is C15H22ClFN2. The Morgan fingerprint density at radius 2 is 2.16 bits per heavy atom. The number of hydrogen-bond donors (Lipinski definition) is 0. The maximum Gasteiger partial charge on any atom is 0.123 e. The Labute approximate surface area is 120 Å². The molecule has 1 fully saturated rings. The molecule has 1 aromatic carbocycles. The highest BCUT2D eigenvalue weighted by molar-refractivity contribution is 6.17. The summed E-state index contributed by atoms with van der Waals surface area (Å²) in [5.74, 6) is 0.148. The molecule has 2 rings (SSSR count). The van der Waals surface area contributed by atoms with Gasteiger partial charge in [-0.3, -0.25) is 0 Å². The van der Waals surface area contributed by atoms with Crippen LogP contribution in [0.3, 0.4) is 0 Å². The third-order valence-corrected chi connectivity index (χ3v) is 4.16. The average Bonchev–Trinajstić information content (AvgIpc) is 2.60. The van der Waals surface area contributed by atoms with Gasteiger partial charge in [0.1, 0.15) is 5.82 Å². The van der Waals surface area contributed by atoms with E-state index < -0.39 is 0 Å². The summed E-state index contributed by atoms with van der Waals surface area (Å²) in [5.41, 5.74) is 1.99. The summed E-state index contributed by atoms with van der Waals surface area (Å²) in [6.07, 6.45) is 2.22. The molecule has 0 N–H and O–H groups in total. The van der Waals surface area contributed by atoms with Crippen LogP contribution in [-0.2, 0) is 5.88 Å². The van der Waals surface area contributed by atoms with E-state index in [2.05, 4.69) is 23.8 Å². The van der Waals surface area contributed by atoms with Gasteiger partial charge in [-0.1, -0.05) is 6.92 Å². The van der Waals surface area contributed by atoms with Gasteiger partial charge >= 0.3 is 0 Å². The lowest BCUT2D eigenvalue weighted by Crippen LogP contribution is -2.40. The van der Waals surface area contributed by atoms with Crippen LogP contribution in [0.2, 0.25) is 0 Å². The quantitative estimate of drug-likeness (QED) is 0.784. The van der Waals surface area contributed by atoms with E-state index in [1.807, 2.05) is 6.07 Å². The first-order valence-corrected chi connectivity index (χ1v) is 7.48. The molecule has 0 spiro atoms.